The number of hydrogen-bond donors (Lipinski definition) is 1. The number of anilines is 1. The lowest BCUT2D eigenvalue weighted by Crippen LogP contribution is -2.14. The number of nitrogens with one attached hydrogen (secondary N) is 1. The van der Waals surface area contributed by atoms with Crippen molar-refractivity contribution >= 4 is 32.8 Å². The van der Waals surface area contributed by atoms with Crippen LogP contribution < -0.4 is 5.32 Å². The zero-order chi connectivity index (χ0) is 18.2. The van der Waals surface area contributed by atoms with Crippen LogP contribution in [0.2, 0.25) is 0 Å². The van der Waals surface area contributed by atoms with E-state index in [1.807, 2.05) is 13.0 Å². The first-order valence-electron chi connectivity index (χ1n) is 7.40. The van der Waals surface area contributed by atoms with Crippen molar-refractivity contribution in [1.29, 1.82) is 0 Å². The van der Waals surface area contributed by atoms with Gasteiger partial charge in [-0.05, 0) is 38.1 Å². The molecule has 130 valence electrons. The number of nitrogens with zero attached hydrogens (tertiary/aromatic N) is 1. The van der Waals surface area contributed by atoms with E-state index in [1.54, 1.807) is 31.2 Å². The molecule has 1 amide bonds. The zero-order valence-electron chi connectivity index (χ0n) is 13.9. The van der Waals surface area contributed by atoms with E-state index in [1.165, 1.54) is 17.4 Å². The summed E-state index contributed by atoms with van der Waals surface area (Å²) in [5.41, 5.74) is 0.807. The number of carbonyl (C=O) groups is 1. The molecule has 0 aliphatic heterocycles. The molecular formula is C17H16N2O4S2. The maximum absolute atomic E-state index is 12.6. The predicted octanol–water partition coefficient (Wildman–Crippen LogP) is 3.68. The Balaban J connectivity index is 1.92. The second-order valence-corrected chi connectivity index (χ2v) is 8.55. The number of benzene rings is 1. The van der Waals surface area contributed by atoms with Crippen molar-refractivity contribution in [3.63, 3.8) is 0 Å². The molecule has 1 N–H and O–H groups in total. The lowest BCUT2D eigenvalue weighted by atomic mass is 10.3. The van der Waals surface area contributed by atoms with E-state index >= 15 is 0 Å². The molecule has 0 aliphatic carbocycles. The van der Waals surface area contributed by atoms with Crippen molar-refractivity contribution in [3.8, 4) is 10.8 Å². The predicted molar refractivity (Wildman–Crippen MR) is 96.8 cm³/mol. The number of thiazole rings is 1. The smallest absolute Gasteiger partial charge is 0.267 e. The molecule has 0 fully saturated rings. The van der Waals surface area contributed by atoms with Crippen LogP contribution >= 0.6 is 11.3 Å². The van der Waals surface area contributed by atoms with Crippen molar-refractivity contribution in [2.24, 2.45) is 0 Å². The Kier molecular flexibility index (Phi) is 4.49. The maximum Gasteiger partial charge on any atom is 0.267 e. The van der Waals surface area contributed by atoms with Gasteiger partial charge in [-0.15, -0.1) is 11.3 Å². The van der Waals surface area contributed by atoms with Gasteiger partial charge in [-0.25, -0.2) is 13.4 Å². The molecular weight excluding hydrogens is 360 g/mol. The summed E-state index contributed by atoms with van der Waals surface area (Å²) in [5.74, 6) is 0.956. The molecule has 0 saturated heterocycles. The van der Waals surface area contributed by atoms with Crippen LogP contribution in [0.3, 0.4) is 0 Å². The summed E-state index contributed by atoms with van der Waals surface area (Å²) in [6, 6.07) is 9.92. The largest absolute Gasteiger partial charge is 0.459 e. The number of aromatic nitrogens is 1. The Bertz CT molecular complexity index is 1050. The van der Waals surface area contributed by atoms with Gasteiger partial charge in [-0.3, -0.25) is 4.79 Å². The second-order valence-electron chi connectivity index (χ2n) is 5.57. The molecule has 0 saturated carbocycles. The number of sulfone groups is 1. The van der Waals surface area contributed by atoms with Gasteiger partial charge in [-0.2, -0.15) is 0 Å². The highest BCUT2D eigenvalue weighted by Crippen LogP contribution is 2.30. The summed E-state index contributed by atoms with van der Waals surface area (Å²) in [7, 11) is -3.45. The quantitative estimate of drug-likeness (QED) is 0.750. The molecule has 2 heterocycles. The minimum absolute atomic E-state index is 0.0763. The Morgan fingerprint density at radius 2 is 1.88 bits per heavy atom. The zero-order valence-corrected chi connectivity index (χ0v) is 15.5. The molecule has 3 aromatic rings. The normalized spacial score (nSPS) is 11.5. The molecule has 1 aromatic carbocycles. The van der Waals surface area contributed by atoms with Crippen molar-refractivity contribution in [1.82, 2.24) is 4.98 Å². The van der Waals surface area contributed by atoms with Gasteiger partial charge >= 0.3 is 0 Å². The second kappa shape index (κ2) is 6.45. The summed E-state index contributed by atoms with van der Waals surface area (Å²) in [4.78, 5) is 17.5. The van der Waals surface area contributed by atoms with Crippen LogP contribution in [0.25, 0.3) is 10.8 Å². The van der Waals surface area contributed by atoms with Crippen LogP contribution in [-0.2, 0) is 9.84 Å². The van der Waals surface area contributed by atoms with E-state index in [0.29, 0.717) is 21.3 Å². The molecule has 2 aromatic heterocycles. The molecule has 0 atom stereocenters. The molecule has 0 aliphatic rings. The van der Waals surface area contributed by atoms with E-state index in [2.05, 4.69) is 10.3 Å². The molecule has 0 unspecified atom stereocenters. The van der Waals surface area contributed by atoms with Gasteiger partial charge in [0.1, 0.15) is 10.6 Å². The third-order valence-electron chi connectivity index (χ3n) is 3.49. The fraction of sp³-hybridized carbons (Fsp3) is 0.176. The summed E-state index contributed by atoms with van der Waals surface area (Å²) in [6.07, 6.45) is 1.10. The van der Waals surface area contributed by atoms with Crippen molar-refractivity contribution < 1.29 is 17.6 Å². The number of rotatable bonds is 4. The monoisotopic (exact) mass is 376 g/mol. The summed E-state index contributed by atoms with van der Waals surface area (Å²) >= 11 is 1.20. The first-order chi connectivity index (χ1) is 11.8. The Morgan fingerprint density at radius 3 is 2.52 bits per heavy atom. The van der Waals surface area contributed by atoms with Gasteiger partial charge < -0.3 is 9.73 Å². The Labute approximate surface area is 149 Å². The average Bonchev–Trinajstić information content (AvgIpc) is 3.12. The molecule has 8 heteroatoms. The number of furan rings is 1. The number of aryl methyl sites for hydroxylation is 2. The summed E-state index contributed by atoms with van der Waals surface area (Å²) < 4.78 is 29.2. The van der Waals surface area contributed by atoms with Gasteiger partial charge in [0, 0.05) is 6.26 Å². The molecule has 3 rings (SSSR count). The molecule has 25 heavy (non-hydrogen) atoms. The van der Waals surface area contributed by atoms with Crippen molar-refractivity contribution in [2.45, 2.75) is 18.7 Å². The third-order valence-corrected chi connectivity index (χ3v) is 5.81. The van der Waals surface area contributed by atoms with Gasteiger partial charge in [0.25, 0.3) is 5.91 Å². The third kappa shape index (κ3) is 3.64. The number of amides is 1. The lowest BCUT2D eigenvalue weighted by Gasteiger charge is -2.08. The van der Waals surface area contributed by atoms with Gasteiger partial charge in [0.05, 0.1) is 16.3 Å². The van der Waals surface area contributed by atoms with Crippen LogP contribution in [0.15, 0.2) is 45.7 Å². The fourth-order valence-corrected chi connectivity index (χ4v) is 4.10. The van der Waals surface area contributed by atoms with Crippen LogP contribution in [0.5, 0.6) is 0 Å². The lowest BCUT2D eigenvalue weighted by molar-refractivity contribution is 0.102. The highest BCUT2D eigenvalue weighted by molar-refractivity contribution is 7.90. The van der Waals surface area contributed by atoms with Crippen molar-refractivity contribution in [3.05, 3.63) is 52.7 Å². The highest BCUT2D eigenvalue weighted by Gasteiger charge is 2.20. The van der Waals surface area contributed by atoms with Crippen LogP contribution in [0.1, 0.15) is 21.1 Å². The highest BCUT2D eigenvalue weighted by atomic mass is 32.2. The van der Waals surface area contributed by atoms with E-state index in [0.717, 1.165) is 12.0 Å². The molecule has 0 bridgehead atoms. The first kappa shape index (κ1) is 17.4. The maximum atomic E-state index is 12.6. The van der Waals surface area contributed by atoms with E-state index in [4.69, 9.17) is 4.42 Å². The minimum atomic E-state index is -3.45. The van der Waals surface area contributed by atoms with Gasteiger partial charge in [0.15, 0.2) is 20.6 Å². The SMILES string of the molecule is Cc1ccc(-c2nc(C)c(C(=O)Nc3ccccc3S(C)(=O)=O)s2)o1. The standard InChI is InChI=1S/C17H16N2O4S2/c1-10-8-9-13(23-10)17-18-11(2)15(24-17)16(20)19-12-6-4-5-7-14(12)25(3,21)22/h4-9H,1-3H3,(H,19,20). The minimum Gasteiger partial charge on any atom is -0.459 e. The van der Waals surface area contributed by atoms with E-state index < -0.39 is 15.7 Å². The number of carbonyl (C=O) groups excluding carboxylic acids is 1. The Morgan fingerprint density at radius 1 is 1.16 bits per heavy atom. The van der Waals surface area contributed by atoms with Crippen LogP contribution in [0.4, 0.5) is 5.69 Å². The summed E-state index contributed by atoms with van der Waals surface area (Å²) in [6.45, 7) is 3.56. The first-order valence-corrected chi connectivity index (χ1v) is 10.1. The Hall–Kier alpha value is -2.45. The summed E-state index contributed by atoms with van der Waals surface area (Å²) in [5, 5.41) is 3.27. The fourth-order valence-electron chi connectivity index (χ4n) is 2.33. The number of para-hydroxylation sites is 1. The topological polar surface area (TPSA) is 89.3 Å². The van der Waals surface area contributed by atoms with Crippen molar-refractivity contribution in [2.75, 3.05) is 11.6 Å². The van der Waals surface area contributed by atoms with E-state index in [9.17, 15) is 13.2 Å². The average molecular weight is 376 g/mol. The van der Waals surface area contributed by atoms with Crippen LogP contribution in [0, 0.1) is 13.8 Å². The number of hydrogen-bond acceptors (Lipinski definition) is 6. The van der Waals surface area contributed by atoms with Crippen LogP contribution in [-0.4, -0.2) is 25.6 Å². The van der Waals surface area contributed by atoms with Gasteiger partial charge in [-0.1, -0.05) is 12.1 Å². The van der Waals surface area contributed by atoms with Gasteiger partial charge in [0.2, 0.25) is 0 Å². The molecule has 0 spiro atoms. The molecule has 0 radical (unpaired) electrons. The molecule has 6 nitrogen and oxygen atoms in total. The van der Waals surface area contributed by atoms with E-state index in [-0.39, 0.29) is 10.6 Å².